The van der Waals surface area contributed by atoms with E-state index in [4.69, 9.17) is 9.73 Å². The van der Waals surface area contributed by atoms with Gasteiger partial charge in [-0.05, 0) is 77.3 Å². The van der Waals surface area contributed by atoms with Crippen LogP contribution in [0.15, 0.2) is 119 Å². The fourth-order valence-electron chi connectivity index (χ4n) is 3.98. The van der Waals surface area contributed by atoms with E-state index in [0.29, 0.717) is 29.0 Å². The highest BCUT2D eigenvalue weighted by Crippen LogP contribution is 2.34. The standard InChI is InChI=1S/C31H25N3O4S/c35-30-29(21-24-13-17-28(18-14-24)38-22-25-11-15-27(16-12-25)34(36)37)39-31(32-26-9-5-2-6-10-26)33(30)20-19-23-7-3-1-4-8-23/h1-18,21H,19-20,22H2/b29-21+,32-31?. The first-order valence-corrected chi connectivity index (χ1v) is 13.2. The summed E-state index contributed by atoms with van der Waals surface area (Å²) in [6.07, 6.45) is 2.60. The lowest BCUT2D eigenvalue weighted by atomic mass is 10.1. The lowest BCUT2D eigenvalue weighted by Gasteiger charge is -2.15. The molecule has 0 radical (unpaired) electrons. The summed E-state index contributed by atoms with van der Waals surface area (Å²) in [7, 11) is 0. The van der Waals surface area contributed by atoms with E-state index >= 15 is 0 Å². The van der Waals surface area contributed by atoms with Crippen LogP contribution in [0.3, 0.4) is 0 Å². The number of thioether (sulfide) groups is 1. The Bertz CT molecular complexity index is 1500. The third-order valence-corrected chi connectivity index (χ3v) is 7.07. The number of para-hydroxylation sites is 1. The fourth-order valence-corrected chi connectivity index (χ4v) is 5.00. The molecule has 8 heteroatoms. The van der Waals surface area contributed by atoms with E-state index in [0.717, 1.165) is 28.8 Å². The normalized spacial score (nSPS) is 15.2. The van der Waals surface area contributed by atoms with Crippen molar-refractivity contribution in [2.45, 2.75) is 13.0 Å². The van der Waals surface area contributed by atoms with Crippen LogP contribution in [0.2, 0.25) is 0 Å². The molecule has 1 amide bonds. The van der Waals surface area contributed by atoms with Crippen molar-refractivity contribution in [2.24, 2.45) is 4.99 Å². The maximum Gasteiger partial charge on any atom is 0.269 e. The molecule has 4 aromatic rings. The maximum atomic E-state index is 13.4. The van der Waals surface area contributed by atoms with Gasteiger partial charge in [-0.15, -0.1) is 0 Å². The molecule has 1 heterocycles. The average Bonchev–Trinajstić information content (AvgIpc) is 3.25. The number of hydrogen-bond donors (Lipinski definition) is 0. The predicted octanol–water partition coefficient (Wildman–Crippen LogP) is 7.02. The highest BCUT2D eigenvalue weighted by atomic mass is 32.2. The van der Waals surface area contributed by atoms with E-state index in [9.17, 15) is 14.9 Å². The van der Waals surface area contributed by atoms with Crippen LogP contribution in [0.5, 0.6) is 5.75 Å². The molecular weight excluding hydrogens is 510 g/mol. The van der Waals surface area contributed by atoms with E-state index in [1.54, 1.807) is 17.0 Å². The van der Waals surface area contributed by atoms with Crippen molar-refractivity contribution < 1.29 is 14.5 Å². The first-order chi connectivity index (χ1) is 19.0. The Morgan fingerprint density at radius 1 is 0.846 bits per heavy atom. The van der Waals surface area contributed by atoms with Gasteiger partial charge in [-0.25, -0.2) is 4.99 Å². The van der Waals surface area contributed by atoms with Gasteiger partial charge in [0.25, 0.3) is 11.6 Å². The molecule has 0 unspecified atom stereocenters. The van der Waals surface area contributed by atoms with E-state index in [2.05, 4.69) is 12.1 Å². The molecule has 0 bridgehead atoms. The number of rotatable bonds is 9. The maximum absolute atomic E-state index is 13.4. The Hall–Kier alpha value is -4.69. The number of carbonyl (C=O) groups is 1. The summed E-state index contributed by atoms with van der Waals surface area (Å²) in [5.41, 5.74) is 3.72. The summed E-state index contributed by atoms with van der Waals surface area (Å²) in [6.45, 7) is 0.830. The molecule has 0 saturated carbocycles. The van der Waals surface area contributed by atoms with Crippen molar-refractivity contribution in [1.82, 2.24) is 4.90 Å². The SMILES string of the molecule is O=C1/C(=C\c2ccc(OCc3ccc([N+](=O)[O-])cc3)cc2)SC(=Nc2ccccc2)N1CCc1ccccc1. The van der Waals surface area contributed by atoms with E-state index in [1.807, 2.05) is 78.9 Å². The second-order valence-corrected chi connectivity index (χ2v) is 9.82. The number of amidine groups is 1. The monoisotopic (exact) mass is 535 g/mol. The van der Waals surface area contributed by atoms with Crippen molar-refractivity contribution in [1.29, 1.82) is 0 Å². The summed E-state index contributed by atoms with van der Waals surface area (Å²) in [4.78, 5) is 30.9. The highest BCUT2D eigenvalue weighted by molar-refractivity contribution is 8.18. The summed E-state index contributed by atoms with van der Waals surface area (Å²) in [6, 6.07) is 33.5. The molecule has 1 aliphatic rings. The summed E-state index contributed by atoms with van der Waals surface area (Å²) in [5.74, 6) is 0.598. The highest BCUT2D eigenvalue weighted by Gasteiger charge is 2.33. The minimum atomic E-state index is -0.426. The molecular formula is C31H25N3O4S. The fraction of sp³-hybridized carbons (Fsp3) is 0.0968. The van der Waals surface area contributed by atoms with Crippen LogP contribution >= 0.6 is 11.8 Å². The van der Waals surface area contributed by atoms with Crippen LogP contribution in [0.4, 0.5) is 11.4 Å². The van der Waals surface area contributed by atoms with Crippen molar-refractivity contribution in [3.05, 3.63) is 141 Å². The molecule has 0 N–H and O–H groups in total. The average molecular weight is 536 g/mol. The predicted molar refractivity (Wildman–Crippen MR) is 155 cm³/mol. The van der Waals surface area contributed by atoms with E-state index in [-0.39, 0.29) is 11.6 Å². The summed E-state index contributed by atoms with van der Waals surface area (Å²) in [5, 5.41) is 11.5. The zero-order chi connectivity index (χ0) is 27.0. The van der Waals surface area contributed by atoms with Crippen molar-refractivity contribution in [2.75, 3.05) is 6.54 Å². The molecule has 4 aromatic carbocycles. The third-order valence-electron chi connectivity index (χ3n) is 6.07. The zero-order valence-corrected chi connectivity index (χ0v) is 21.8. The molecule has 0 aliphatic carbocycles. The van der Waals surface area contributed by atoms with Crippen LogP contribution < -0.4 is 4.74 Å². The first-order valence-electron chi connectivity index (χ1n) is 12.4. The molecule has 0 atom stereocenters. The zero-order valence-electron chi connectivity index (χ0n) is 21.0. The van der Waals surface area contributed by atoms with Gasteiger partial charge >= 0.3 is 0 Å². The number of hydrogen-bond acceptors (Lipinski definition) is 6. The largest absolute Gasteiger partial charge is 0.489 e. The van der Waals surface area contributed by atoms with Crippen LogP contribution in [0, 0.1) is 10.1 Å². The van der Waals surface area contributed by atoms with Crippen LogP contribution in [-0.4, -0.2) is 27.4 Å². The number of non-ortho nitro benzene ring substituents is 1. The van der Waals surface area contributed by atoms with Gasteiger partial charge in [0, 0.05) is 18.7 Å². The Balaban J connectivity index is 1.29. The summed E-state index contributed by atoms with van der Waals surface area (Å²) < 4.78 is 5.82. The topological polar surface area (TPSA) is 85.0 Å². The van der Waals surface area contributed by atoms with Gasteiger partial charge in [-0.1, -0.05) is 60.7 Å². The van der Waals surface area contributed by atoms with Crippen LogP contribution in [-0.2, 0) is 17.8 Å². The number of nitro groups is 1. The number of nitro benzene ring substituents is 1. The second kappa shape index (κ2) is 12.2. The van der Waals surface area contributed by atoms with Gasteiger partial charge in [0.15, 0.2) is 5.17 Å². The molecule has 194 valence electrons. The van der Waals surface area contributed by atoms with E-state index < -0.39 is 4.92 Å². The molecule has 5 rings (SSSR count). The Labute approximate surface area is 230 Å². The molecule has 7 nitrogen and oxygen atoms in total. The molecule has 0 spiro atoms. The van der Waals surface area contributed by atoms with Gasteiger partial charge in [0.2, 0.25) is 0 Å². The number of benzene rings is 4. The lowest BCUT2D eigenvalue weighted by molar-refractivity contribution is -0.384. The van der Waals surface area contributed by atoms with Gasteiger partial charge in [0.05, 0.1) is 15.5 Å². The number of ether oxygens (including phenoxy) is 1. The lowest BCUT2D eigenvalue weighted by Crippen LogP contribution is -2.31. The molecule has 1 fully saturated rings. The van der Waals surface area contributed by atoms with Crippen LogP contribution in [0.25, 0.3) is 6.08 Å². The van der Waals surface area contributed by atoms with Gasteiger partial charge in [-0.3, -0.25) is 19.8 Å². The van der Waals surface area contributed by atoms with Crippen molar-refractivity contribution in [3.8, 4) is 5.75 Å². The van der Waals surface area contributed by atoms with E-state index in [1.165, 1.54) is 23.9 Å². The number of carbonyl (C=O) groups excluding carboxylic acids is 1. The molecule has 39 heavy (non-hydrogen) atoms. The van der Waals surface area contributed by atoms with Gasteiger partial charge < -0.3 is 4.74 Å². The molecule has 1 aliphatic heterocycles. The van der Waals surface area contributed by atoms with Crippen molar-refractivity contribution >= 4 is 40.3 Å². The first kappa shape index (κ1) is 25.9. The number of aliphatic imine (C=N–C) groups is 1. The molecule has 1 saturated heterocycles. The van der Waals surface area contributed by atoms with Crippen molar-refractivity contribution in [3.63, 3.8) is 0 Å². The number of amides is 1. The van der Waals surface area contributed by atoms with Gasteiger partial charge in [0.1, 0.15) is 12.4 Å². The Morgan fingerprint density at radius 2 is 1.51 bits per heavy atom. The number of nitrogens with zero attached hydrogens (tertiary/aromatic N) is 3. The second-order valence-electron chi connectivity index (χ2n) is 8.81. The summed E-state index contributed by atoms with van der Waals surface area (Å²) >= 11 is 1.37. The van der Waals surface area contributed by atoms with Gasteiger partial charge in [-0.2, -0.15) is 0 Å². The van der Waals surface area contributed by atoms with Crippen LogP contribution in [0.1, 0.15) is 16.7 Å². The Morgan fingerprint density at radius 3 is 2.18 bits per heavy atom. The molecule has 0 aromatic heterocycles. The third kappa shape index (κ3) is 6.80. The Kier molecular flexibility index (Phi) is 8.14. The minimum absolute atomic E-state index is 0.0473. The minimum Gasteiger partial charge on any atom is -0.489 e. The quantitative estimate of drug-likeness (QED) is 0.131. The smallest absolute Gasteiger partial charge is 0.269 e.